The van der Waals surface area contributed by atoms with Crippen LogP contribution in [0.25, 0.3) is 0 Å². The molecule has 2 unspecified atom stereocenters. The van der Waals surface area contributed by atoms with Gasteiger partial charge in [0, 0.05) is 11.4 Å². The predicted molar refractivity (Wildman–Crippen MR) is 57.2 cm³/mol. The van der Waals surface area contributed by atoms with Gasteiger partial charge in [0.15, 0.2) is 0 Å². The molecule has 0 N–H and O–H groups in total. The lowest BCUT2D eigenvalue weighted by Crippen LogP contribution is -2.36. The number of halogens is 1. The monoisotopic (exact) mass is 271 g/mol. The molecule has 0 saturated heterocycles. The summed E-state index contributed by atoms with van der Waals surface area (Å²) in [6.45, 7) is 1.49. The lowest BCUT2D eigenvalue weighted by molar-refractivity contribution is -0.136. The molecule has 80 valence electrons. The Labute approximate surface area is 95.7 Å². The summed E-state index contributed by atoms with van der Waals surface area (Å²) < 4.78 is 5.42. The van der Waals surface area contributed by atoms with E-state index in [4.69, 9.17) is 0 Å². The minimum Gasteiger partial charge on any atom is -0.466 e. The lowest BCUT2D eigenvalue weighted by Gasteiger charge is -2.21. The highest BCUT2D eigenvalue weighted by molar-refractivity contribution is 9.11. The first kappa shape index (κ1) is 10.4. The van der Waals surface area contributed by atoms with E-state index in [-0.39, 0.29) is 24.0 Å². The fourth-order valence-corrected chi connectivity index (χ4v) is 2.80. The van der Waals surface area contributed by atoms with E-state index in [0.29, 0.717) is 5.57 Å². The van der Waals surface area contributed by atoms with Gasteiger partial charge in [-0.25, -0.2) is 4.79 Å². The van der Waals surface area contributed by atoms with Gasteiger partial charge < -0.3 is 9.64 Å². The number of ether oxygens (including phenoxy) is 1. The van der Waals surface area contributed by atoms with Gasteiger partial charge in [0.2, 0.25) is 5.91 Å². The molecule has 2 rings (SSSR count). The molecule has 2 aliphatic rings. The second-order valence-corrected chi connectivity index (χ2v) is 4.31. The van der Waals surface area contributed by atoms with Crippen LogP contribution in [0.1, 0.15) is 6.92 Å². The van der Waals surface area contributed by atoms with Crippen LogP contribution in [-0.2, 0) is 14.3 Å². The molecular formula is C10H10BrNO3. The summed E-state index contributed by atoms with van der Waals surface area (Å²) >= 11 is 3.35. The third-order valence-corrected chi connectivity index (χ3v) is 3.55. The van der Waals surface area contributed by atoms with E-state index in [0.717, 1.165) is 4.48 Å². The van der Waals surface area contributed by atoms with Gasteiger partial charge in [0.25, 0.3) is 0 Å². The largest absolute Gasteiger partial charge is 0.466 e. The number of carbonyl (C=O) groups is 2. The zero-order chi connectivity index (χ0) is 11.2. The Hall–Kier alpha value is -1.10. The van der Waals surface area contributed by atoms with Crippen LogP contribution in [0.15, 0.2) is 22.2 Å². The maximum absolute atomic E-state index is 11.5. The summed E-state index contributed by atoms with van der Waals surface area (Å²) in [5.74, 6) is -0.434. The van der Waals surface area contributed by atoms with Gasteiger partial charge in [-0.3, -0.25) is 4.79 Å². The number of rotatable bonds is 1. The van der Waals surface area contributed by atoms with Gasteiger partial charge in [-0.05, 0) is 0 Å². The van der Waals surface area contributed by atoms with Crippen molar-refractivity contribution in [3.8, 4) is 0 Å². The van der Waals surface area contributed by atoms with Gasteiger partial charge in [0.1, 0.15) is 0 Å². The maximum Gasteiger partial charge on any atom is 0.337 e. The van der Waals surface area contributed by atoms with Crippen molar-refractivity contribution >= 4 is 27.8 Å². The Morgan fingerprint density at radius 3 is 2.47 bits per heavy atom. The molecule has 15 heavy (non-hydrogen) atoms. The van der Waals surface area contributed by atoms with E-state index in [1.54, 1.807) is 4.90 Å². The number of amides is 1. The Kier molecular flexibility index (Phi) is 2.42. The summed E-state index contributed by atoms with van der Waals surface area (Å²) in [6, 6.07) is -0.407. The predicted octanol–water partition coefficient (Wildman–Crippen LogP) is 0.977. The van der Waals surface area contributed by atoms with Crippen LogP contribution in [-0.4, -0.2) is 36.0 Å². The molecule has 2 aliphatic heterocycles. The van der Waals surface area contributed by atoms with Crippen molar-refractivity contribution in [3.63, 3.8) is 0 Å². The van der Waals surface area contributed by atoms with E-state index < -0.39 is 0 Å². The molecule has 4 nitrogen and oxygen atoms in total. The van der Waals surface area contributed by atoms with Crippen molar-refractivity contribution in [2.24, 2.45) is 0 Å². The minimum atomic E-state index is -0.384. The Morgan fingerprint density at radius 2 is 2.00 bits per heavy atom. The smallest absolute Gasteiger partial charge is 0.337 e. The molecule has 2 heterocycles. The molecule has 1 amide bonds. The van der Waals surface area contributed by atoms with Crippen LogP contribution in [0, 0.1) is 0 Å². The number of fused-ring (bicyclic) bond motifs is 2. The first-order valence-electron chi connectivity index (χ1n) is 4.53. The molecule has 0 aromatic carbocycles. The standard InChI is InChI=1S/C10H10BrNO3/c1-5(13)12-6-3-4-7(12)9(11)8(6)10(14)15-2/h3-4,6-7H,1-2H3. The molecule has 0 spiro atoms. The molecular weight excluding hydrogens is 262 g/mol. The van der Waals surface area contributed by atoms with Crippen molar-refractivity contribution in [1.82, 2.24) is 4.90 Å². The van der Waals surface area contributed by atoms with Crippen molar-refractivity contribution in [2.75, 3.05) is 7.11 Å². The SMILES string of the molecule is COC(=O)C1=C(Br)C2C=CC1N2C(C)=O. The normalized spacial score (nSPS) is 27.5. The molecule has 2 bridgehead atoms. The van der Waals surface area contributed by atoms with Gasteiger partial charge in [0.05, 0.1) is 24.8 Å². The molecule has 5 heteroatoms. The van der Waals surface area contributed by atoms with Gasteiger partial charge in [-0.1, -0.05) is 28.1 Å². The Morgan fingerprint density at radius 1 is 1.40 bits per heavy atom. The van der Waals surface area contributed by atoms with Crippen LogP contribution in [0.3, 0.4) is 0 Å². The summed E-state index contributed by atoms with van der Waals surface area (Å²) in [5.41, 5.74) is 0.528. The molecule has 0 fully saturated rings. The van der Waals surface area contributed by atoms with Crippen molar-refractivity contribution in [1.29, 1.82) is 0 Å². The van der Waals surface area contributed by atoms with Crippen molar-refractivity contribution < 1.29 is 14.3 Å². The first-order chi connectivity index (χ1) is 7.07. The highest BCUT2D eigenvalue weighted by Crippen LogP contribution is 2.40. The number of methoxy groups -OCH3 is 1. The number of esters is 1. The molecule has 0 aliphatic carbocycles. The third kappa shape index (κ3) is 1.33. The van der Waals surface area contributed by atoms with Crippen LogP contribution in [0.2, 0.25) is 0 Å². The van der Waals surface area contributed by atoms with E-state index in [9.17, 15) is 9.59 Å². The first-order valence-corrected chi connectivity index (χ1v) is 5.32. The van der Waals surface area contributed by atoms with Crippen LogP contribution >= 0.6 is 15.9 Å². The highest BCUT2D eigenvalue weighted by Gasteiger charge is 2.45. The average molecular weight is 272 g/mol. The van der Waals surface area contributed by atoms with Crippen molar-refractivity contribution in [2.45, 2.75) is 19.0 Å². The molecule has 0 aromatic heterocycles. The number of hydrogen-bond acceptors (Lipinski definition) is 3. The minimum absolute atomic E-state index is 0.0501. The van der Waals surface area contributed by atoms with Crippen LogP contribution < -0.4 is 0 Å². The second kappa shape index (κ2) is 3.48. The van der Waals surface area contributed by atoms with E-state index in [1.807, 2.05) is 12.2 Å². The second-order valence-electron chi connectivity index (χ2n) is 3.45. The number of carbonyl (C=O) groups excluding carboxylic acids is 2. The van der Waals surface area contributed by atoms with E-state index in [2.05, 4.69) is 20.7 Å². The van der Waals surface area contributed by atoms with E-state index in [1.165, 1.54) is 14.0 Å². The number of nitrogens with zero attached hydrogens (tertiary/aromatic N) is 1. The topological polar surface area (TPSA) is 46.6 Å². The van der Waals surface area contributed by atoms with Gasteiger partial charge in [-0.2, -0.15) is 0 Å². The summed E-state index contributed by atoms with van der Waals surface area (Å²) in [6.07, 6.45) is 3.76. The number of hydrogen-bond donors (Lipinski definition) is 0. The van der Waals surface area contributed by atoms with E-state index >= 15 is 0 Å². The lowest BCUT2D eigenvalue weighted by atomic mass is 10.1. The van der Waals surface area contributed by atoms with Crippen molar-refractivity contribution in [3.05, 3.63) is 22.2 Å². The summed E-state index contributed by atoms with van der Waals surface area (Å²) in [7, 11) is 1.34. The fourth-order valence-electron chi connectivity index (χ4n) is 2.03. The van der Waals surface area contributed by atoms with Crippen LogP contribution in [0.4, 0.5) is 0 Å². The Balaban J connectivity index is 2.37. The average Bonchev–Trinajstić information content (AvgIpc) is 2.72. The van der Waals surface area contributed by atoms with Crippen LogP contribution in [0.5, 0.6) is 0 Å². The Bertz CT molecular complexity index is 399. The van der Waals surface area contributed by atoms with Gasteiger partial charge in [-0.15, -0.1) is 0 Å². The summed E-state index contributed by atoms with van der Waals surface area (Å²) in [4.78, 5) is 24.5. The molecule has 0 aromatic rings. The molecule has 2 atom stereocenters. The third-order valence-electron chi connectivity index (χ3n) is 2.66. The fraction of sp³-hybridized carbons (Fsp3) is 0.400. The molecule has 0 saturated carbocycles. The zero-order valence-electron chi connectivity index (χ0n) is 8.36. The highest BCUT2D eigenvalue weighted by atomic mass is 79.9. The summed E-state index contributed by atoms with van der Waals surface area (Å²) in [5, 5.41) is 0. The van der Waals surface area contributed by atoms with Gasteiger partial charge >= 0.3 is 5.97 Å². The zero-order valence-corrected chi connectivity index (χ0v) is 9.95. The quantitative estimate of drug-likeness (QED) is 0.528. The maximum atomic E-state index is 11.5. The molecule has 0 radical (unpaired) electrons.